The predicted molar refractivity (Wildman–Crippen MR) is 84.1 cm³/mol. The maximum Gasteiger partial charge on any atom is 0.0643 e. The highest BCUT2D eigenvalue weighted by molar-refractivity contribution is 7.12. The van der Waals surface area contributed by atoms with Gasteiger partial charge in [0.25, 0.3) is 0 Å². The summed E-state index contributed by atoms with van der Waals surface area (Å²) in [6.45, 7) is 2.18. The molecule has 0 amide bonds. The zero-order chi connectivity index (χ0) is 13.9. The summed E-state index contributed by atoms with van der Waals surface area (Å²) in [5.41, 5.74) is 7.44. The minimum atomic E-state index is 0.0761. The maximum atomic E-state index is 6.32. The van der Waals surface area contributed by atoms with Gasteiger partial charge in [-0.2, -0.15) is 5.10 Å². The highest BCUT2D eigenvalue weighted by Gasteiger charge is 2.18. The number of aromatic nitrogens is 2. The summed E-state index contributed by atoms with van der Waals surface area (Å²) in [4.78, 5) is 2.68. The van der Waals surface area contributed by atoms with Crippen LogP contribution in [0.4, 0.5) is 0 Å². The summed E-state index contributed by atoms with van der Waals surface area (Å²) >= 11 is 1.83. The van der Waals surface area contributed by atoms with Gasteiger partial charge in [-0.3, -0.25) is 4.68 Å². The molecule has 0 bridgehead atoms. The van der Waals surface area contributed by atoms with Crippen molar-refractivity contribution in [3.8, 4) is 0 Å². The molecule has 1 aliphatic carbocycles. The van der Waals surface area contributed by atoms with Gasteiger partial charge in [0.15, 0.2) is 0 Å². The Bertz CT molecular complexity index is 552. The zero-order valence-corrected chi connectivity index (χ0v) is 12.9. The van der Waals surface area contributed by atoms with Crippen molar-refractivity contribution in [3.63, 3.8) is 0 Å². The Morgan fingerprint density at radius 1 is 1.35 bits per heavy atom. The van der Waals surface area contributed by atoms with Gasteiger partial charge >= 0.3 is 0 Å². The SMILES string of the molecule is CCc1ccc(C(N)Cc2ccn(C3CCCC3)n2)s1. The van der Waals surface area contributed by atoms with E-state index >= 15 is 0 Å². The molecule has 1 atom stereocenters. The lowest BCUT2D eigenvalue weighted by atomic mass is 10.1. The third-order valence-electron chi connectivity index (χ3n) is 4.19. The van der Waals surface area contributed by atoms with E-state index in [9.17, 15) is 0 Å². The molecule has 3 nitrogen and oxygen atoms in total. The molecule has 0 aliphatic heterocycles. The number of aryl methyl sites for hydroxylation is 1. The van der Waals surface area contributed by atoms with E-state index in [0.29, 0.717) is 6.04 Å². The quantitative estimate of drug-likeness (QED) is 0.908. The van der Waals surface area contributed by atoms with Gasteiger partial charge in [-0.05, 0) is 37.5 Å². The fourth-order valence-corrected chi connectivity index (χ4v) is 3.92. The number of rotatable bonds is 5. The van der Waals surface area contributed by atoms with E-state index in [4.69, 9.17) is 10.8 Å². The van der Waals surface area contributed by atoms with Crippen LogP contribution in [0.2, 0.25) is 0 Å². The first-order chi connectivity index (χ1) is 9.76. The topological polar surface area (TPSA) is 43.8 Å². The summed E-state index contributed by atoms with van der Waals surface area (Å²) in [5.74, 6) is 0. The molecule has 4 heteroatoms. The number of nitrogens with zero attached hydrogens (tertiary/aromatic N) is 2. The van der Waals surface area contributed by atoms with E-state index in [1.54, 1.807) is 0 Å². The fourth-order valence-electron chi connectivity index (χ4n) is 2.97. The molecule has 0 aromatic carbocycles. The van der Waals surface area contributed by atoms with Gasteiger partial charge in [0.1, 0.15) is 0 Å². The van der Waals surface area contributed by atoms with Crippen molar-refractivity contribution < 1.29 is 0 Å². The molecule has 1 aliphatic rings. The minimum Gasteiger partial charge on any atom is -0.323 e. The first kappa shape index (κ1) is 13.8. The third-order valence-corrected chi connectivity index (χ3v) is 5.55. The van der Waals surface area contributed by atoms with Crippen LogP contribution < -0.4 is 5.73 Å². The van der Waals surface area contributed by atoms with E-state index in [1.807, 2.05) is 11.3 Å². The highest BCUT2D eigenvalue weighted by Crippen LogP contribution is 2.29. The van der Waals surface area contributed by atoms with Crippen molar-refractivity contribution in [2.75, 3.05) is 0 Å². The average Bonchev–Trinajstić information content (AvgIpc) is 3.19. The highest BCUT2D eigenvalue weighted by atomic mass is 32.1. The predicted octanol–water partition coefficient (Wildman–Crippen LogP) is 3.86. The molecule has 2 N–H and O–H groups in total. The number of thiophene rings is 1. The Kier molecular flexibility index (Phi) is 4.22. The van der Waals surface area contributed by atoms with Gasteiger partial charge in [0.2, 0.25) is 0 Å². The summed E-state index contributed by atoms with van der Waals surface area (Å²) < 4.78 is 2.15. The monoisotopic (exact) mass is 289 g/mol. The number of hydrogen-bond acceptors (Lipinski definition) is 3. The molecule has 3 rings (SSSR count). The Labute approximate surface area is 124 Å². The van der Waals surface area contributed by atoms with Crippen LogP contribution in [0.25, 0.3) is 0 Å². The lowest BCUT2D eigenvalue weighted by Gasteiger charge is -2.10. The van der Waals surface area contributed by atoms with Crippen molar-refractivity contribution >= 4 is 11.3 Å². The summed E-state index contributed by atoms with van der Waals surface area (Å²) in [7, 11) is 0. The van der Waals surface area contributed by atoms with E-state index < -0.39 is 0 Å². The van der Waals surface area contributed by atoms with Gasteiger partial charge in [-0.15, -0.1) is 11.3 Å². The number of nitrogens with two attached hydrogens (primary N) is 1. The molecule has 0 spiro atoms. The molecule has 1 fully saturated rings. The normalized spacial score (nSPS) is 17.7. The van der Waals surface area contributed by atoms with Crippen LogP contribution in [0.15, 0.2) is 24.4 Å². The zero-order valence-electron chi connectivity index (χ0n) is 12.1. The smallest absolute Gasteiger partial charge is 0.0643 e. The molecule has 1 saturated carbocycles. The molecule has 2 aromatic heterocycles. The summed E-state index contributed by atoms with van der Waals surface area (Å²) in [6, 6.07) is 7.19. The molecule has 108 valence electrons. The van der Waals surface area contributed by atoms with Gasteiger partial charge in [0, 0.05) is 28.4 Å². The van der Waals surface area contributed by atoms with Crippen LogP contribution >= 0.6 is 11.3 Å². The van der Waals surface area contributed by atoms with E-state index in [2.05, 4.69) is 36.0 Å². The minimum absolute atomic E-state index is 0.0761. The van der Waals surface area contributed by atoms with Crippen molar-refractivity contribution in [1.82, 2.24) is 9.78 Å². The largest absolute Gasteiger partial charge is 0.323 e. The summed E-state index contributed by atoms with van der Waals surface area (Å²) in [5, 5.41) is 4.73. The van der Waals surface area contributed by atoms with Crippen molar-refractivity contribution in [3.05, 3.63) is 39.8 Å². The molecule has 2 aromatic rings. The molecule has 0 radical (unpaired) electrons. The second kappa shape index (κ2) is 6.10. The Morgan fingerprint density at radius 2 is 2.15 bits per heavy atom. The number of hydrogen-bond donors (Lipinski definition) is 1. The summed E-state index contributed by atoms with van der Waals surface area (Å²) in [6.07, 6.45) is 9.29. The lowest BCUT2D eigenvalue weighted by Crippen LogP contribution is -2.13. The van der Waals surface area contributed by atoms with Crippen LogP contribution in [0.3, 0.4) is 0 Å². The van der Waals surface area contributed by atoms with Crippen LogP contribution in [0, 0.1) is 0 Å². The maximum absolute atomic E-state index is 6.32. The lowest BCUT2D eigenvalue weighted by molar-refractivity contribution is 0.461. The van der Waals surface area contributed by atoms with E-state index in [0.717, 1.165) is 18.5 Å². The van der Waals surface area contributed by atoms with Crippen LogP contribution in [-0.4, -0.2) is 9.78 Å². The molecular formula is C16H23N3S. The second-order valence-corrected chi connectivity index (χ2v) is 6.89. The molecule has 2 heterocycles. The van der Waals surface area contributed by atoms with Gasteiger partial charge < -0.3 is 5.73 Å². The van der Waals surface area contributed by atoms with Gasteiger partial charge in [-0.25, -0.2) is 0 Å². The molecule has 1 unspecified atom stereocenters. The van der Waals surface area contributed by atoms with Crippen LogP contribution in [0.5, 0.6) is 0 Å². The molecule has 20 heavy (non-hydrogen) atoms. The Hall–Kier alpha value is -1.13. The Balaban J connectivity index is 1.64. The van der Waals surface area contributed by atoms with Crippen LogP contribution in [-0.2, 0) is 12.8 Å². The Morgan fingerprint density at radius 3 is 2.85 bits per heavy atom. The van der Waals surface area contributed by atoms with Crippen molar-refractivity contribution in [1.29, 1.82) is 0 Å². The molecular weight excluding hydrogens is 266 g/mol. The van der Waals surface area contributed by atoms with Gasteiger partial charge in [-0.1, -0.05) is 19.8 Å². The second-order valence-electron chi connectivity index (χ2n) is 5.69. The van der Waals surface area contributed by atoms with Crippen molar-refractivity contribution in [2.45, 2.75) is 57.5 Å². The standard InChI is InChI=1S/C16H23N3S/c1-2-14-7-8-16(20-14)15(17)11-12-9-10-19(18-12)13-5-3-4-6-13/h7-10,13,15H,2-6,11,17H2,1H3. The average molecular weight is 289 g/mol. The van der Waals surface area contributed by atoms with Crippen molar-refractivity contribution in [2.24, 2.45) is 5.73 Å². The molecule has 0 saturated heterocycles. The first-order valence-electron chi connectivity index (χ1n) is 7.64. The third kappa shape index (κ3) is 2.96. The first-order valence-corrected chi connectivity index (χ1v) is 8.46. The fraction of sp³-hybridized carbons (Fsp3) is 0.562. The van der Waals surface area contributed by atoms with Crippen LogP contribution in [0.1, 0.15) is 60.1 Å². The van der Waals surface area contributed by atoms with E-state index in [-0.39, 0.29) is 6.04 Å². The van der Waals surface area contributed by atoms with E-state index in [1.165, 1.54) is 35.4 Å². The van der Waals surface area contributed by atoms with Gasteiger partial charge in [0.05, 0.1) is 11.7 Å².